The minimum atomic E-state index is 0.259. The summed E-state index contributed by atoms with van der Waals surface area (Å²) in [7, 11) is 0. The molecule has 0 bridgehead atoms. The van der Waals surface area contributed by atoms with E-state index in [0.717, 1.165) is 11.8 Å². The van der Waals surface area contributed by atoms with Gasteiger partial charge in [-0.15, -0.1) is 0 Å². The Kier molecular flexibility index (Phi) is 3.34. The monoisotopic (exact) mass is 229 g/mol. The molecule has 1 atom stereocenters. The Morgan fingerprint density at radius 2 is 2.18 bits per heavy atom. The van der Waals surface area contributed by atoms with Gasteiger partial charge in [-0.05, 0) is 18.1 Å². The van der Waals surface area contributed by atoms with Crippen LogP contribution in [0.15, 0.2) is 28.7 Å². The summed E-state index contributed by atoms with van der Waals surface area (Å²) in [6.45, 7) is 4.84. The molecule has 17 heavy (non-hydrogen) atoms. The fourth-order valence-corrected chi connectivity index (χ4v) is 1.58. The maximum Gasteiger partial charge on any atom is 0.246 e. The van der Waals surface area contributed by atoms with Crippen molar-refractivity contribution >= 4 is 11.0 Å². The van der Waals surface area contributed by atoms with Crippen LogP contribution in [0.25, 0.3) is 11.0 Å². The summed E-state index contributed by atoms with van der Waals surface area (Å²) >= 11 is 0. The topological polar surface area (TPSA) is 46.2 Å². The van der Waals surface area contributed by atoms with Crippen molar-refractivity contribution < 1.29 is 9.15 Å². The van der Waals surface area contributed by atoms with Gasteiger partial charge in [0.25, 0.3) is 0 Å². The van der Waals surface area contributed by atoms with Crippen LogP contribution in [-0.2, 0) is 0 Å². The molecule has 2 aromatic rings. The number of rotatable bonds is 4. The van der Waals surface area contributed by atoms with E-state index in [1.54, 1.807) is 0 Å². The SMILES string of the molecule is CCC(C)COc1c(C#N)oc2ccccc12. The lowest BCUT2D eigenvalue weighted by atomic mass is 10.1. The number of nitrogens with zero attached hydrogens (tertiary/aromatic N) is 1. The molecule has 0 aliphatic carbocycles. The average molecular weight is 229 g/mol. The van der Waals surface area contributed by atoms with Gasteiger partial charge in [0.15, 0.2) is 5.75 Å². The number of fused-ring (bicyclic) bond motifs is 1. The number of hydrogen-bond donors (Lipinski definition) is 0. The molecular formula is C14H15NO2. The van der Waals surface area contributed by atoms with E-state index in [9.17, 15) is 0 Å². The van der Waals surface area contributed by atoms with E-state index in [1.807, 2.05) is 30.3 Å². The van der Waals surface area contributed by atoms with Crippen molar-refractivity contribution in [2.75, 3.05) is 6.61 Å². The van der Waals surface area contributed by atoms with E-state index < -0.39 is 0 Å². The summed E-state index contributed by atoms with van der Waals surface area (Å²) in [5, 5.41) is 9.89. The summed E-state index contributed by atoms with van der Waals surface area (Å²) in [5.74, 6) is 1.30. The Bertz CT molecular complexity index is 551. The largest absolute Gasteiger partial charge is 0.488 e. The van der Waals surface area contributed by atoms with Crippen LogP contribution in [0.3, 0.4) is 0 Å². The highest BCUT2D eigenvalue weighted by atomic mass is 16.5. The van der Waals surface area contributed by atoms with Crippen LogP contribution in [0, 0.1) is 17.2 Å². The zero-order valence-corrected chi connectivity index (χ0v) is 10.1. The van der Waals surface area contributed by atoms with Gasteiger partial charge in [-0.3, -0.25) is 0 Å². The number of hydrogen-bond acceptors (Lipinski definition) is 3. The molecule has 3 nitrogen and oxygen atoms in total. The van der Waals surface area contributed by atoms with Crippen molar-refractivity contribution in [2.45, 2.75) is 20.3 Å². The molecule has 1 unspecified atom stereocenters. The molecular weight excluding hydrogens is 214 g/mol. The van der Waals surface area contributed by atoms with Gasteiger partial charge in [0.05, 0.1) is 12.0 Å². The highest BCUT2D eigenvalue weighted by molar-refractivity contribution is 5.86. The van der Waals surface area contributed by atoms with Gasteiger partial charge in [0.1, 0.15) is 11.7 Å². The molecule has 1 aromatic heterocycles. The van der Waals surface area contributed by atoms with Gasteiger partial charge >= 0.3 is 0 Å². The molecule has 1 heterocycles. The fourth-order valence-electron chi connectivity index (χ4n) is 1.58. The molecule has 0 N–H and O–H groups in total. The van der Waals surface area contributed by atoms with Crippen LogP contribution in [0.2, 0.25) is 0 Å². The van der Waals surface area contributed by atoms with Gasteiger partial charge in [0, 0.05) is 0 Å². The third-order valence-electron chi connectivity index (χ3n) is 2.86. The first-order valence-electron chi connectivity index (χ1n) is 5.80. The summed E-state index contributed by atoms with van der Waals surface area (Å²) in [4.78, 5) is 0. The molecule has 0 aliphatic heterocycles. The standard InChI is InChI=1S/C14H15NO2/c1-3-10(2)9-16-14-11-6-4-5-7-12(11)17-13(14)8-15/h4-7,10H,3,9H2,1-2H3. The molecule has 0 aliphatic rings. The van der Waals surface area contributed by atoms with Crippen molar-refractivity contribution in [2.24, 2.45) is 5.92 Å². The van der Waals surface area contributed by atoms with Crippen LogP contribution in [0.5, 0.6) is 5.75 Å². The third-order valence-corrected chi connectivity index (χ3v) is 2.86. The Balaban J connectivity index is 2.34. The van der Waals surface area contributed by atoms with Gasteiger partial charge < -0.3 is 9.15 Å². The highest BCUT2D eigenvalue weighted by Gasteiger charge is 2.15. The van der Waals surface area contributed by atoms with Crippen molar-refractivity contribution in [1.82, 2.24) is 0 Å². The summed E-state index contributed by atoms with van der Waals surface area (Å²) in [6.07, 6.45) is 1.05. The van der Waals surface area contributed by atoms with Crippen LogP contribution in [-0.4, -0.2) is 6.61 Å². The lowest BCUT2D eigenvalue weighted by Gasteiger charge is -2.09. The second-order valence-corrected chi connectivity index (χ2v) is 4.19. The maximum atomic E-state index is 9.02. The van der Waals surface area contributed by atoms with Gasteiger partial charge in [-0.1, -0.05) is 32.4 Å². The number of furan rings is 1. The molecule has 0 saturated carbocycles. The zero-order valence-electron chi connectivity index (χ0n) is 10.1. The minimum Gasteiger partial charge on any atom is -0.488 e. The van der Waals surface area contributed by atoms with E-state index in [-0.39, 0.29) is 5.76 Å². The first-order valence-corrected chi connectivity index (χ1v) is 5.80. The molecule has 0 fully saturated rings. The maximum absolute atomic E-state index is 9.02. The van der Waals surface area contributed by atoms with Crippen molar-refractivity contribution in [1.29, 1.82) is 5.26 Å². The minimum absolute atomic E-state index is 0.259. The Morgan fingerprint density at radius 1 is 1.41 bits per heavy atom. The van der Waals surface area contributed by atoms with Crippen LogP contribution in [0.1, 0.15) is 26.0 Å². The Hall–Kier alpha value is -1.95. The smallest absolute Gasteiger partial charge is 0.246 e. The molecule has 2 rings (SSSR count). The first-order chi connectivity index (χ1) is 8.26. The number of para-hydroxylation sites is 1. The first kappa shape index (κ1) is 11.5. The second kappa shape index (κ2) is 4.92. The van der Waals surface area contributed by atoms with E-state index in [0.29, 0.717) is 23.9 Å². The molecule has 0 amide bonds. The number of nitriles is 1. The van der Waals surface area contributed by atoms with E-state index in [1.165, 1.54) is 0 Å². The Morgan fingerprint density at radius 3 is 2.88 bits per heavy atom. The van der Waals surface area contributed by atoms with Crippen molar-refractivity contribution in [3.63, 3.8) is 0 Å². The van der Waals surface area contributed by atoms with E-state index >= 15 is 0 Å². The summed E-state index contributed by atoms with van der Waals surface area (Å²) in [5.41, 5.74) is 0.697. The predicted molar refractivity (Wildman–Crippen MR) is 65.9 cm³/mol. The Labute approximate surface area is 101 Å². The quantitative estimate of drug-likeness (QED) is 0.802. The molecule has 1 aromatic carbocycles. The van der Waals surface area contributed by atoms with Crippen LogP contribution >= 0.6 is 0 Å². The molecule has 0 spiro atoms. The number of benzene rings is 1. The van der Waals surface area contributed by atoms with Crippen molar-refractivity contribution in [3.05, 3.63) is 30.0 Å². The lowest BCUT2D eigenvalue weighted by molar-refractivity contribution is 0.255. The van der Waals surface area contributed by atoms with Gasteiger partial charge in [-0.25, -0.2) is 0 Å². The predicted octanol–water partition coefficient (Wildman–Crippen LogP) is 3.73. The van der Waals surface area contributed by atoms with Crippen LogP contribution in [0.4, 0.5) is 0 Å². The summed E-state index contributed by atoms with van der Waals surface area (Å²) in [6, 6.07) is 9.58. The lowest BCUT2D eigenvalue weighted by Crippen LogP contribution is -2.07. The van der Waals surface area contributed by atoms with Crippen molar-refractivity contribution in [3.8, 4) is 11.8 Å². The highest BCUT2D eigenvalue weighted by Crippen LogP contribution is 2.32. The summed E-state index contributed by atoms with van der Waals surface area (Å²) < 4.78 is 11.1. The number of ether oxygens (including phenoxy) is 1. The zero-order chi connectivity index (χ0) is 12.3. The molecule has 0 radical (unpaired) electrons. The molecule has 0 saturated heterocycles. The van der Waals surface area contributed by atoms with E-state index in [2.05, 4.69) is 13.8 Å². The average Bonchev–Trinajstić information content (AvgIpc) is 2.73. The van der Waals surface area contributed by atoms with Gasteiger partial charge in [0.2, 0.25) is 5.76 Å². The normalized spacial score (nSPS) is 12.3. The van der Waals surface area contributed by atoms with Gasteiger partial charge in [-0.2, -0.15) is 5.26 Å². The van der Waals surface area contributed by atoms with E-state index in [4.69, 9.17) is 14.4 Å². The fraction of sp³-hybridized carbons (Fsp3) is 0.357. The third kappa shape index (κ3) is 2.26. The van der Waals surface area contributed by atoms with Crippen LogP contribution < -0.4 is 4.74 Å². The molecule has 3 heteroatoms. The second-order valence-electron chi connectivity index (χ2n) is 4.19. The molecule has 88 valence electrons.